The van der Waals surface area contributed by atoms with Gasteiger partial charge in [0.25, 0.3) is 0 Å². The second kappa shape index (κ2) is 67.9. The van der Waals surface area contributed by atoms with Gasteiger partial charge in [-0.05, 0) is 37.5 Å². The average molecular weight is 1400 g/mol. The number of unbranched alkanes of at least 4 members (excludes halogenated alkanes) is 45. The van der Waals surface area contributed by atoms with E-state index in [-0.39, 0.29) is 25.7 Å². The Hall–Kier alpha value is -1.94. The second-order valence-electron chi connectivity index (χ2n) is 28.3. The van der Waals surface area contributed by atoms with Gasteiger partial charge in [-0.25, -0.2) is 9.13 Å². The second-order valence-corrected chi connectivity index (χ2v) is 31.3. The summed E-state index contributed by atoms with van der Waals surface area (Å²) in [5.41, 5.74) is 0. The number of carbonyl (C=O) groups excluding carboxylic acids is 4. The summed E-state index contributed by atoms with van der Waals surface area (Å²) in [6.45, 7) is 9.61. The molecular weight excluding hydrogens is 1250 g/mol. The molecule has 2 unspecified atom stereocenters. The van der Waals surface area contributed by atoms with Crippen molar-refractivity contribution in [2.24, 2.45) is 11.8 Å². The molecule has 0 aliphatic rings. The molecule has 0 aliphatic carbocycles. The van der Waals surface area contributed by atoms with E-state index in [9.17, 15) is 43.2 Å². The Morgan fingerprint density at radius 1 is 0.284 bits per heavy atom. The van der Waals surface area contributed by atoms with E-state index < -0.39 is 97.5 Å². The maximum atomic E-state index is 13.1. The normalized spacial score (nSPS) is 14.0. The van der Waals surface area contributed by atoms with E-state index in [1.165, 1.54) is 212 Å². The third-order valence-corrected chi connectivity index (χ3v) is 19.6. The molecular formula is C76H148O17P2. The number of ether oxygens (including phenoxy) is 4. The molecule has 17 nitrogen and oxygen atoms in total. The van der Waals surface area contributed by atoms with Crippen LogP contribution < -0.4 is 0 Å². The van der Waals surface area contributed by atoms with E-state index in [2.05, 4.69) is 41.5 Å². The summed E-state index contributed by atoms with van der Waals surface area (Å²) in [5.74, 6) is -0.556. The zero-order valence-corrected chi connectivity index (χ0v) is 63.8. The Labute approximate surface area is 581 Å². The Morgan fingerprint density at radius 2 is 0.484 bits per heavy atom. The maximum Gasteiger partial charge on any atom is 0.472 e. The zero-order valence-electron chi connectivity index (χ0n) is 62.0. The van der Waals surface area contributed by atoms with E-state index in [0.717, 1.165) is 102 Å². The van der Waals surface area contributed by atoms with Gasteiger partial charge in [-0.2, -0.15) is 0 Å². The number of rotatable bonds is 75. The quantitative estimate of drug-likeness (QED) is 0.0222. The molecule has 95 heavy (non-hydrogen) atoms. The molecule has 3 N–H and O–H groups in total. The standard InChI is InChI=1S/C76H148O17P2/c1-7-9-11-13-15-17-18-19-20-21-22-30-36-42-48-54-60-75(80)93-72(65-87-74(79)59-53-47-41-35-29-25-23-27-33-38-44-50-56-68(3)4)67-91-95(84,85)89-63-70(77)62-88-94(82,83)90-66-71(64-86-73(78)58-52-46-40-32-16-14-12-10-8-2)92-76(81)61-55-49-43-37-31-26-24-28-34-39-45-51-57-69(5)6/h68-72,77H,7-67H2,1-6H3,(H,82,83)(H,84,85)/t70-,71+,72+/m0/s1. The number of carbonyl (C=O) groups is 4. The molecule has 0 aromatic heterocycles. The first-order valence-electron chi connectivity index (χ1n) is 39.5. The highest BCUT2D eigenvalue weighted by atomic mass is 31.2. The summed E-state index contributed by atoms with van der Waals surface area (Å²) in [6.07, 6.45) is 55.4. The lowest BCUT2D eigenvalue weighted by atomic mass is 10.0. The zero-order chi connectivity index (χ0) is 70.0. The third-order valence-electron chi connectivity index (χ3n) is 17.7. The Kier molecular flexibility index (Phi) is 66.5. The number of hydrogen-bond acceptors (Lipinski definition) is 15. The van der Waals surface area contributed by atoms with Crippen LogP contribution in [0.15, 0.2) is 0 Å². The highest BCUT2D eigenvalue weighted by molar-refractivity contribution is 7.47. The summed E-state index contributed by atoms with van der Waals surface area (Å²) < 4.78 is 68.5. The topological polar surface area (TPSA) is 237 Å². The van der Waals surface area contributed by atoms with Gasteiger partial charge in [-0.3, -0.25) is 37.3 Å². The SMILES string of the molecule is CCCCCCCCCCCCCCCCCCC(=O)O[C@H](COC(=O)CCCCCCCCCCCCCCC(C)C)COP(=O)(O)OC[C@@H](O)COP(=O)(O)OC[C@@H](COC(=O)CCCCCCCCCCC)OC(=O)CCCCCCCCCCCCCCC(C)C. The summed E-state index contributed by atoms with van der Waals surface area (Å²) in [4.78, 5) is 72.8. The van der Waals surface area contributed by atoms with E-state index in [1.807, 2.05) is 0 Å². The van der Waals surface area contributed by atoms with Crippen LogP contribution in [-0.2, 0) is 65.4 Å². The van der Waals surface area contributed by atoms with Crippen LogP contribution in [0.3, 0.4) is 0 Å². The van der Waals surface area contributed by atoms with Crippen LogP contribution in [0.1, 0.15) is 395 Å². The van der Waals surface area contributed by atoms with Crippen LogP contribution in [0.2, 0.25) is 0 Å². The number of phosphoric acid groups is 2. The molecule has 0 bridgehead atoms. The molecule has 5 atom stereocenters. The molecule has 0 rings (SSSR count). The first-order chi connectivity index (χ1) is 45.9. The van der Waals surface area contributed by atoms with E-state index in [1.54, 1.807) is 0 Å². The van der Waals surface area contributed by atoms with Crippen LogP contribution in [0.5, 0.6) is 0 Å². The van der Waals surface area contributed by atoms with E-state index in [4.69, 9.17) is 37.0 Å². The number of esters is 4. The van der Waals surface area contributed by atoms with E-state index >= 15 is 0 Å². The highest BCUT2D eigenvalue weighted by Crippen LogP contribution is 2.45. The molecule has 0 saturated carbocycles. The molecule has 0 fully saturated rings. The van der Waals surface area contributed by atoms with Crippen LogP contribution in [0.25, 0.3) is 0 Å². The molecule has 19 heteroatoms. The van der Waals surface area contributed by atoms with Crippen LogP contribution >= 0.6 is 15.6 Å². The van der Waals surface area contributed by atoms with Gasteiger partial charge in [-0.15, -0.1) is 0 Å². The lowest BCUT2D eigenvalue weighted by Crippen LogP contribution is -2.30. The summed E-state index contributed by atoms with van der Waals surface area (Å²) >= 11 is 0. The van der Waals surface area contributed by atoms with Crippen molar-refractivity contribution in [3.8, 4) is 0 Å². The molecule has 0 saturated heterocycles. The minimum absolute atomic E-state index is 0.107. The number of aliphatic hydroxyl groups excluding tert-OH is 1. The smallest absolute Gasteiger partial charge is 0.462 e. The number of aliphatic hydroxyl groups is 1. The molecule has 0 aromatic rings. The fourth-order valence-corrected chi connectivity index (χ4v) is 13.2. The van der Waals surface area contributed by atoms with Crippen molar-refractivity contribution in [3.05, 3.63) is 0 Å². The van der Waals surface area contributed by atoms with Crippen molar-refractivity contribution >= 4 is 39.5 Å². The van der Waals surface area contributed by atoms with Crippen molar-refractivity contribution in [3.63, 3.8) is 0 Å². The molecule has 0 heterocycles. The summed E-state index contributed by atoms with van der Waals surface area (Å²) in [7, 11) is -9.91. The maximum absolute atomic E-state index is 13.1. The summed E-state index contributed by atoms with van der Waals surface area (Å²) in [6, 6.07) is 0. The molecule has 0 amide bonds. The monoisotopic (exact) mass is 1400 g/mol. The molecule has 564 valence electrons. The van der Waals surface area contributed by atoms with Gasteiger partial charge >= 0.3 is 39.5 Å². The first kappa shape index (κ1) is 93.1. The Balaban J connectivity index is 5.24. The minimum Gasteiger partial charge on any atom is -0.462 e. The van der Waals surface area contributed by atoms with Crippen molar-refractivity contribution < 1.29 is 80.2 Å². The van der Waals surface area contributed by atoms with Gasteiger partial charge in [0.1, 0.15) is 19.3 Å². The molecule has 0 spiro atoms. The van der Waals surface area contributed by atoms with Crippen molar-refractivity contribution in [2.45, 2.75) is 413 Å². The fourth-order valence-electron chi connectivity index (χ4n) is 11.7. The predicted molar refractivity (Wildman–Crippen MR) is 386 cm³/mol. The average Bonchev–Trinajstić information content (AvgIpc) is 2.00. The predicted octanol–water partition coefficient (Wildman–Crippen LogP) is 22.3. The Morgan fingerprint density at radius 3 is 0.716 bits per heavy atom. The van der Waals surface area contributed by atoms with Crippen LogP contribution in [0, 0.1) is 11.8 Å². The van der Waals surface area contributed by atoms with E-state index in [0.29, 0.717) is 25.7 Å². The van der Waals surface area contributed by atoms with Gasteiger partial charge in [0.15, 0.2) is 12.2 Å². The molecule has 0 radical (unpaired) electrons. The van der Waals surface area contributed by atoms with Gasteiger partial charge < -0.3 is 33.8 Å². The largest absolute Gasteiger partial charge is 0.472 e. The van der Waals surface area contributed by atoms with Gasteiger partial charge in [-0.1, -0.05) is 343 Å². The fraction of sp³-hybridized carbons (Fsp3) is 0.947. The van der Waals surface area contributed by atoms with Gasteiger partial charge in [0.05, 0.1) is 26.4 Å². The molecule has 0 aliphatic heterocycles. The molecule has 0 aromatic carbocycles. The first-order valence-corrected chi connectivity index (χ1v) is 42.5. The lowest BCUT2D eigenvalue weighted by molar-refractivity contribution is -0.161. The third kappa shape index (κ3) is 70.3. The van der Waals surface area contributed by atoms with Crippen molar-refractivity contribution in [2.75, 3.05) is 39.6 Å². The number of phosphoric ester groups is 2. The minimum atomic E-state index is -4.96. The van der Waals surface area contributed by atoms with Gasteiger partial charge in [0.2, 0.25) is 0 Å². The Bertz CT molecular complexity index is 1840. The van der Waals surface area contributed by atoms with Crippen LogP contribution in [0.4, 0.5) is 0 Å². The van der Waals surface area contributed by atoms with Crippen molar-refractivity contribution in [1.82, 2.24) is 0 Å². The number of hydrogen-bond donors (Lipinski definition) is 3. The van der Waals surface area contributed by atoms with Crippen LogP contribution in [-0.4, -0.2) is 96.7 Å². The summed E-state index contributed by atoms with van der Waals surface area (Å²) in [5, 5.41) is 10.6. The lowest BCUT2D eigenvalue weighted by Gasteiger charge is -2.21. The van der Waals surface area contributed by atoms with Gasteiger partial charge in [0, 0.05) is 25.7 Å². The highest BCUT2D eigenvalue weighted by Gasteiger charge is 2.30. The van der Waals surface area contributed by atoms with Crippen molar-refractivity contribution in [1.29, 1.82) is 0 Å².